The van der Waals surface area contributed by atoms with E-state index in [0.29, 0.717) is 41.1 Å². The largest absolute Gasteiger partial charge is 0.493 e. The molecule has 36 heavy (non-hydrogen) atoms. The second-order valence-electron chi connectivity index (χ2n) is 8.22. The number of para-hydroxylation sites is 1. The lowest BCUT2D eigenvalue weighted by molar-refractivity contribution is 0.0526. The molecule has 1 heterocycles. The first-order valence-electron chi connectivity index (χ1n) is 11.8. The van der Waals surface area contributed by atoms with Crippen LogP contribution in [0.25, 0.3) is 0 Å². The molecule has 0 bridgehead atoms. The SMILES string of the molecule is CCOC(=O)c1ccc(OC[C@@H]2c3cc(OC)c(OC)cc3CCN2C(=S)Nc2ccccc2)cc1. The zero-order valence-electron chi connectivity index (χ0n) is 20.7. The molecule has 0 amide bonds. The van der Waals surface area contributed by atoms with Crippen LogP contribution in [0.5, 0.6) is 17.2 Å². The van der Waals surface area contributed by atoms with Gasteiger partial charge < -0.3 is 29.2 Å². The van der Waals surface area contributed by atoms with Crippen molar-refractivity contribution in [3.05, 3.63) is 83.4 Å². The number of anilines is 1. The van der Waals surface area contributed by atoms with Crippen molar-refractivity contribution in [2.45, 2.75) is 19.4 Å². The standard InChI is InChI=1S/C28H30N2O5S/c1-4-34-27(31)19-10-12-22(13-11-19)35-18-24-23-17-26(33-3)25(32-2)16-20(23)14-15-30(24)28(36)29-21-8-6-5-7-9-21/h5-13,16-17,24H,4,14-15,18H2,1-3H3,(H,29,36)/t24-/m1/s1. The van der Waals surface area contributed by atoms with Crippen molar-refractivity contribution in [2.75, 3.05) is 39.3 Å². The van der Waals surface area contributed by atoms with Gasteiger partial charge in [-0.3, -0.25) is 0 Å². The maximum atomic E-state index is 12.0. The first-order valence-corrected chi connectivity index (χ1v) is 12.2. The minimum atomic E-state index is -0.352. The first-order chi connectivity index (χ1) is 17.5. The fourth-order valence-electron chi connectivity index (χ4n) is 4.24. The highest BCUT2D eigenvalue weighted by Crippen LogP contribution is 2.38. The third-order valence-electron chi connectivity index (χ3n) is 6.06. The Bertz CT molecular complexity index is 1200. The summed E-state index contributed by atoms with van der Waals surface area (Å²) in [5, 5.41) is 3.97. The van der Waals surface area contributed by atoms with Gasteiger partial charge in [0.2, 0.25) is 0 Å². The number of carbonyl (C=O) groups excluding carboxylic acids is 1. The summed E-state index contributed by atoms with van der Waals surface area (Å²) in [6.45, 7) is 3.18. The van der Waals surface area contributed by atoms with Gasteiger partial charge in [-0.1, -0.05) is 18.2 Å². The average molecular weight is 507 g/mol. The van der Waals surface area contributed by atoms with Crippen molar-refractivity contribution in [2.24, 2.45) is 0 Å². The highest BCUT2D eigenvalue weighted by molar-refractivity contribution is 7.80. The molecule has 0 unspecified atom stereocenters. The number of fused-ring (bicyclic) bond motifs is 1. The average Bonchev–Trinajstić information content (AvgIpc) is 2.91. The number of ether oxygens (including phenoxy) is 4. The van der Waals surface area contributed by atoms with Crippen LogP contribution in [0, 0.1) is 0 Å². The highest BCUT2D eigenvalue weighted by atomic mass is 32.1. The number of hydrogen-bond donors (Lipinski definition) is 1. The van der Waals surface area contributed by atoms with Gasteiger partial charge in [-0.2, -0.15) is 0 Å². The van der Waals surface area contributed by atoms with E-state index >= 15 is 0 Å². The predicted octanol–water partition coefficient (Wildman–Crippen LogP) is 5.26. The number of thiocarbonyl (C=S) groups is 1. The summed E-state index contributed by atoms with van der Waals surface area (Å²) in [6.07, 6.45) is 0.803. The Balaban J connectivity index is 1.59. The lowest BCUT2D eigenvalue weighted by atomic mass is 9.92. The molecule has 3 aromatic rings. The van der Waals surface area contributed by atoms with E-state index in [4.69, 9.17) is 31.2 Å². The van der Waals surface area contributed by atoms with E-state index in [1.807, 2.05) is 42.5 Å². The lowest BCUT2D eigenvalue weighted by Gasteiger charge is -2.39. The van der Waals surface area contributed by atoms with E-state index in [2.05, 4.69) is 10.2 Å². The molecule has 188 valence electrons. The maximum absolute atomic E-state index is 12.0. The number of carbonyl (C=O) groups is 1. The topological polar surface area (TPSA) is 69.3 Å². The normalized spacial score (nSPS) is 14.4. The summed E-state index contributed by atoms with van der Waals surface area (Å²) >= 11 is 5.83. The van der Waals surface area contributed by atoms with Crippen LogP contribution in [0.1, 0.15) is 34.5 Å². The van der Waals surface area contributed by atoms with Crippen molar-refractivity contribution in [3.8, 4) is 17.2 Å². The smallest absolute Gasteiger partial charge is 0.338 e. The molecule has 3 aromatic carbocycles. The summed E-state index contributed by atoms with van der Waals surface area (Å²) < 4.78 is 22.4. The van der Waals surface area contributed by atoms with Gasteiger partial charge in [0.25, 0.3) is 0 Å². The molecule has 1 aliphatic heterocycles. The van der Waals surface area contributed by atoms with Crippen LogP contribution in [0.2, 0.25) is 0 Å². The van der Waals surface area contributed by atoms with E-state index in [0.717, 1.165) is 29.8 Å². The molecular weight excluding hydrogens is 476 g/mol. The Kier molecular flexibility index (Phi) is 8.28. The number of nitrogens with one attached hydrogen (secondary N) is 1. The number of methoxy groups -OCH3 is 2. The Morgan fingerprint density at radius 3 is 2.39 bits per heavy atom. The van der Waals surface area contributed by atoms with Crippen LogP contribution in [0.4, 0.5) is 5.69 Å². The summed E-state index contributed by atoms with van der Waals surface area (Å²) in [5.41, 5.74) is 3.64. The Morgan fingerprint density at radius 2 is 1.72 bits per heavy atom. The predicted molar refractivity (Wildman–Crippen MR) is 143 cm³/mol. The molecule has 0 radical (unpaired) electrons. The van der Waals surface area contributed by atoms with Gasteiger partial charge in [0.1, 0.15) is 12.4 Å². The van der Waals surface area contributed by atoms with E-state index in [1.54, 1.807) is 45.4 Å². The molecule has 0 spiro atoms. The van der Waals surface area contributed by atoms with E-state index in [-0.39, 0.29) is 12.0 Å². The van der Waals surface area contributed by atoms with Crippen LogP contribution in [0.3, 0.4) is 0 Å². The number of esters is 1. The zero-order valence-corrected chi connectivity index (χ0v) is 21.5. The van der Waals surface area contributed by atoms with Crippen LogP contribution in [-0.4, -0.2) is 50.0 Å². The minimum Gasteiger partial charge on any atom is -0.493 e. The lowest BCUT2D eigenvalue weighted by Crippen LogP contribution is -2.44. The van der Waals surface area contributed by atoms with Crippen molar-refractivity contribution in [3.63, 3.8) is 0 Å². The third kappa shape index (κ3) is 5.71. The van der Waals surface area contributed by atoms with Crippen molar-refractivity contribution >= 4 is 29.0 Å². The highest BCUT2D eigenvalue weighted by Gasteiger charge is 2.31. The quantitative estimate of drug-likeness (QED) is 0.328. The molecule has 4 rings (SSSR count). The molecule has 8 heteroatoms. The maximum Gasteiger partial charge on any atom is 0.338 e. The molecule has 0 aromatic heterocycles. The zero-order chi connectivity index (χ0) is 25.5. The van der Waals surface area contributed by atoms with E-state index in [1.165, 1.54) is 0 Å². The summed E-state index contributed by atoms with van der Waals surface area (Å²) in [6, 6.07) is 20.7. The van der Waals surface area contributed by atoms with Gasteiger partial charge in [0, 0.05) is 12.2 Å². The molecule has 0 fully saturated rings. The fourth-order valence-corrected chi connectivity index (χ4v) is 4.58. The summed E-state index contributed by atoms with van der Waals surface area (Å²) in [5.74, 6) is 1.65. The molecule has 7 nitrogen and oxygen atoms in total. The second kappa shape index (κ2) is 11.8. The number of rotatable bonds is 8. The Morgan fingerprint density at radius 1 is 1.03 bits per heavy atom. The van der Waals surface area contributed by atoms with Crippen LogP contribution in [-0.2, 0) is 11.2 Å². The van der Waals surface area contributed by atoms with Crippen LogP contribution >= 0.6 is 12.2 Å². The molecule has 0 aliphatic carbocycles. The van der Waals surface area contributed by atoms with Crippen LogP contribution in [0.15, 0.2) is 66.7 Å². The van der Waals surface area contributed by atoms with Gasteiger partial charge in [-0.25, -0.2) is 4.79 Å². The van der Waals surface area contributed by atoms with Gasteiger partial charge in [-0.05, 0) is 85.2 Å². The first kappa shape index (κ1) is 25.3. The number of hydrogen-bond acceptors (Lipinski definition) is 6. The van der Waals surface area contributed by atoms with Crippen LogP contribution < -0.4 is 19.5 Å². The number of benzene rings is 3. The van der Waals surface area contributed by atoms with E-state index < -0.39 is 0 Å². The molecule has 1 aliphatic rings. The Hall–Kier alpha value is -3.78. The Labute approximate surface area is 216 Å². The third-order valence-corrected chi connectivity index (χ3v) is 6.40. The molecule has 0 saturated carbocycles. The van der Waals surface area contributed by atoms with Crippen molar-refractivity contribution < 1.29 is 23.7 Å². The molecule has 1 atom stereocenters. The monoisotopic (exact) mass is 506 g/mol. The molecule has 0 saturated heterocycles. The molecular formula is C28H30N2O5S. The molecule has 1 N–H and O–H groups in total. The minimum absolute atomic E-state index is 0.165. The van der Waals surface area contributed by atoms with Gasteiger partial charge in [0.05, 0.1) is 32.4 Å². The summed E-state index contributed by atoms with van der Waals surface area (Å²) in [7, 11) is 3.27. The van der Waals surface area contributed by atoms with Gasteiger partial charge in [-0.15, -0.1) is 0 Å². The van der Waals surface area contributed by atoms with Crippen molar-refractivity contribution in [1.82, 2.24) is 4.90 Å². The van der Waals surface area contributed by atoms with Gasteiger partial charge in [0.15, 0.2) is 16.6 Å². The fraction of sp³-hybridized carbons (Fsp3) is 0.286. The van der Waals surface area contributed by atoms with Crippen molar-refractivity contribution in [1.29, 1.82) is 0 Å². The second-order valence-corrected chi connectivity index (χ2v) is 8.60. The number of nitrogens with zero attached hydrogens (tertiary/aromatic N) is 1. The van der Waals surface area contributed by atoms with E-state index in [9.17, 15) is 4.79 Å². The summed E-state index contributed by atoms with van der Waals surface area (Å²) in [4.78, 5) is 14.1. The van der Waals surface area contributed by atoms with Gasteiger partial charge >= 0.3 is 5.97 Å².